The van der Waals surface area contributed by atoms with Gasteiger partial charge < -0.3 is 9.80 Å². The number of rotatable bonds is 3. The Morgan fingerprint density at radius 2 is 1.86 bits per heavy atom. The summed E-state index contributed by atoms with van der Waals surface area (Å²) in [4.78, 5) is 17.4. The van der Waals surface area contributed by atoms with Crippen molar-refractivity contribution in [2.45, 2.75) is 0 Å². The second-order valence-electron chi connectivity index (χ2n) is 4.67. The number of hydrazine groups is 1. The lowest BCUT2D eigenvalue weighted by Gasteiger charge is -2.36. The van der Waals surface area contributed by atoms with Gasteiger partial charge >= 0.3 is 0 Å². The van der Waals surface area contributed by atoms with Gasteiger partial charge in [0.1, 0.15) is 11.6 Å². The van der Waals surface area contributed by atoms with Crippen LogP contribution < -0.4 is 21.1 Å². The van der Waals surface area contributed by atoms with E-state index < -0.39 is 0 Å². The fourth-order valence-corrected chi connectivity index (χ4v) is 2.78. The van der Waals surface area contributed by atoms with Gasteiger partial charge in [0.2, 0.25) is 5.95 Å². The zero-order chi connectivity index (χ0) is 14.7. The Labute approximate surface area is 131 Å². The van der Waals surface area contributed by atoms with Crippen molar-refractivity contribution >= 4 is 33.5 Å². The van der Waals surface area contributed by atoms with Crippen LogP contribution in [0.2, 0.25) is 0 Å². The molecule has 0 aromatic carbocycles. The van der Waals surface area contributed by atoms with Crippen LogP contribution in [-0.2, 0) is 0 Å². The summed E-state index contributed by atoms with van der Waals surface area (Å²) in [7, 11) is 0. The van der Waals surface area contributed by atoms with Gasteiger partial charge in [0.25, 0.3) is 0 Å². The first kappa shape index (κ1) is 14.0. The quantitative estimate of drug-likeness (QED) is 0.637. The highest BCUT2D eigenvalue weighted by Crippen LogP contribution is 2.25. The summed E-state index contributed by atoms with van der Waals surface area (Å²) in [6.45, 7) is 3.55. The Kier molecular flexibility index (Phi) is 4.16. The molecule has 3 heterocycles. The smallest absolute Gasteiger partial charge is 0.239 e. The third-order valence-corrected chi connectivity index (χ3v) is 3.97. The molecule has 0 unspecified atom stereocenters. The summed E-state index contributed by atoms with van der Waals surface area (Å²) < 4.78 is 0.868. The summed E-state index contributed by atoms with van der Waals surface area (Å²) >= 11 is 3.49. The van der Waals surface area contributed by atoms with Crippen LogP contribution in [0.5, 0.6) is 0 Å². The lowest BCUT2D eigenvalue weighted by molar-refractivity contribution is 0.640. The molecular formula is C13H16BrN7. The SMILES string of the molecule is NNc1ncc(Br)c(N2CCN(c3ccccn3)CC2)n1. The number of nitrogens with two attached hydrogens (primary N) is 1. The normalized spacial score (nSPS) is 15.1. The second-order valence-corrected chi connectivity index (χ2v) is 5.53. The Morgan fingerprint density at radius 1 is 1.10 bits per heavy atom. The minimum atomic E-state index is 0.417. The molecule has 8 heteroatoms. The molecule has 1 aliphatic heterocycles. The van der Waals surface area contributed by atoms with Crippen LogP contribution in [0, 0.1) is 0 Å². The fourth-order valence-electron chi connectivity index (χ4n) is 2.34. The van der Waals surface area contributed by atoms with Gasteiger partial charge in [-0.1, -0.05) is 6.07 Å². The first-order chi connectivity index (χ1) is 10.3. The standard InChI is InChI=1S/C13H16BrN7/c14-10-9-17-13(19-15)18-12(10)21-7-5-20(6-8-21)11-3-1-2-4-16-11/h1-4,9H,5-8,15H2,(H,17,18,19). The highest BCUT2D eigenvalue weighted by molar-refractivity contribution is 9.10. The molecule has 21 heavy (non-hydrogen) atoms. The Hall–Kier alpha value is -1.93. The van der Waals surface area contributed by atoms with Crippen molar-refractivity contribution in [2.24, 2.45) is 5.84 Å². The number of halogens is 1. The zero-order valence-electron chi connectivity index (χ0n) is 11.4. The summed E-state index contributed by atoms with van der Waals surface area (Å²) in [5.41, 5.74) is 2.48. The Balaban J connectivity index is 1.71. The van der Waals surface area contributed by atoms with E-state index in [9.17, 15) is 0 Å². The van der Waals surface area contributed by atoms with E-state index >= 15 is 0 Å². The van der Waals surface area contributed by atoms with Crippen molar-refractivity contribution < 1.29 is 0 Å². The van der Waals surface area contributed by atoms with Crippen LogP contribution in [0.4, 0.5) is 17.6 Å². The second kappa shape index (κ2) is 6.23. The highest BCUT2D eigenvalue weighted by Gasteiger charge is 2.21. The highest BCUT2D eigenvalue weighted by atomic mass is 79.9. The average molecular weight is 350 g/mol. The first-order valence-corrected chi connectivity index (χ1v) is 7.47. The molecule has 0 aliphatic carbocycles. The van der Waals surface area contributed by atoms with Crippen molar-refractivity contribution in [1.82, 2.24) is 15.0 Å². The summed E-state index contributed by atoms with van der Waals surface area (Å²) in [6.07, 6.45) is 3.53. The molecule has 0 spiro atoms. The molecule has 1 saturated heterocycles. The number of piperazine rings is 1. The van der Waals surface area contributed by atoms with E-state index in [1.165, 1.54) is 0 Å². The molecule has 7 nitrogen and oxygen atoms in total. The first-order valence-electron chi connectivity index (χ1n) is 6.68. The maximum absolute atomic E-state index is 5.37. The number of aromatic nitrogens is 3. The number of hydrogen-bond donors (Lipinski definition) is 2. The van der Waals surface area contributed by atoms with Crippen molar-refractivity contribution in [3.63, 3.8) is 0 Å². The van der Waals surface area contributed by atoms with Gasteiger partial charge in [-0.25, -0.2) is 15.8 Å². The van der Waals surface area contributed by atoms with E-state index in [1.54, 1.807) is 6.20 Å². The van der Waals surface area contributed by atoms with Gasteiger partial charge in [0.15, 0.2) is 0 Å². The molecule has 1 fully saturated rings. The third-order valence-electron chi connectivity index (χ3n) is 3.41. The molecule has 1 aliphatic rings. The van der Waals surface area contributed by atoms with Gasteiger partial charge in [0.05, 0.1) is 4.47 Å². The minimum absolute atomic E-state index is 0.417. The van der Waals surface area contributed by atoms with Crippen LogP contribution in [0.3, 0.4) is 0 Å². The summed E-state index contributed by atoms with van der Waals surface area (Å²) in [5, 5.41) is 0. The van der Waals surface area contributed by atoms with Gasteiger partial charge in [-0.15, -0.1) is 0 Å². The van der Waals surface area contributed by atoms with E-state index in [4.69, 9.17) is 5.84 Å². The van der Waals surface area contributed by atoms with E-state index in [0.29, 0.717) is 5.95 Å². The number of nitrogens with one attached hydrogen (secondary N) is 1. The molecule has 0 saturated carbocycles. The maximum atomic E-state index is 5.37. The molecular weight excluding hydrogens is 334 g/mol. The largest absolute Gasteiger partial charge is 0.353 e. The van der Waals surface area contributed by atoms with Gasteiger partial charge in [-0.2, -0.15) is 4.98 Å². The third kappa shape index (κ3) is 3.06. The predicted octanol–water partition coefficient (Wildman–Crippen LogP) is 1.25. The van der Waals surface area contributed by atoms with Crippen LogP contribution in [0.1, 0.15) is 0 Å². The monoisotopic (exact) mass is 349 g/mol. The van der Waals surface area contributed by atoms with Crippen LogP contribution in [-0.4, -0.2) is 41.1 Å². The summed E-state index contributed by atoms with van der Waals surface area (Å²) in [6, 6.07) is 5.97. The molecule has 3 rings (SSSR count). The lowest BCUT2D eigenvalue weighted by Crippen LogP contribution is -2.47. The average Bonchev–Trinajstić information content (AvgIpc) is 2.56. The van der Waals surface area contributed by atoms with E-state index in [0.717, 1.165) is 42.3 Å². The fraction of sp³-hybridized carbons (Fsp3) is 0.308. The molecule has 0 amide bonds. The lowest BCUT2D eigenvalue weighted by atomic mass is 10.3. The van der Waals surface area contributed by atoms with E-state index in [1.807, 2.05) is 24.4 Å². The number of nitrogens with zero attached hydrogens (tertiary/aromatic N) is 5. The molecule has 2 aromatic heterocycles. The van der Waals surface area contributed by atoms with E-state index in [2.05, 4.69) is 46.1 Å². The van der Waals surface area contributed by atoms with Crippen LogP contribution in [0.25, 0.3) is 0 Å². The molecule has 2 aromatic rings. The molecule has 3 N–H and O–H groups in total. The zero-order valence-corrected chi connectivity index (χ0v) is 13.0. The van der Waals surface area contributed by atoms with Crippen LogP contribution >= 0.6 is 15.9 Å². The number of nitrogen functional groups attached to an aromatic ring is 1. The van der Waals surface area contributed by atoms with Crippen molar-refractivity contribution in [3.05, 3.63) is 35.1 Å². The van der Waals surface area contributed by atoms with Gasteiger partial charge in [-0.3, -0.25) is 5.43 Å². The van der Waals surface area contributed by atoms with Gasteiger partial charge in [0, 0.05) is 38.6 Å². The van der Waals surface area contributed by atoms with Crippen molar-refractivity contribution in [2.75, 3.05) is 41.4 Å². The number of anilines is 3. The number of hydrogen-bond acceptors (Lipinski definition) is 7. The minimum Gasteiger partial charge on any atom is -0.353 e. The van der Waals surface area contributed by atoms with Gasteiger partial charge in [-0.05, 0) is 28.1 Å². The molecule has 0 bridgehead atoms. The maximum Gasteiger partial charge on any atom is 0.239 e. The van der Waals surface area contributed by atoms with Crippen LogP contribution in [0.15, 0.2) is 35.1 Å². The Bertz CT molecular complexity index is 599. The van der Waals surface area contributed by atoms with Crippen molar-refractivity contribution in [1.29, 1.82) is 0 Å². The topological polar surface area (TPSA) is 83.2 Å². The predicted molar refractivity (Wildman–Crippen MR) is 86.2 cm³/mol. The molecule has 0 atom stereocenters. The molecule has 110 valence electrons. The summed E-state index contributed by atoms with van der Waals surface area (Å²) in [5.74, 6) is 7.66. The molecule has 0 radical (unpaired) electrons. The number of pyridine rings is 1. The van der Waals surface area contributed by atoms with Crippen molar-refractivity contribution in [3.8, 4) is 0 Å². The van der Waals surface area contributed by atoms with E-state index in [-0.39, 0.29) is 0 Å². The Morgan fingerprint density at radius 3 is 2.52 bits per heavy atom.